The maximum Gasteiger partial charge on any atom is 0.269 e. The van der Waals surface area contributed by atoms with Gasteiger partial charge in [0.1, 0.15) is 5.76 Å². The molecular weight excluding hydrogens is 220 g/mol. The summed E-state index contributed by atoms with van der Waals surface area (Å²) in [4.78, 5) is 14.0. The predicted octanol–water partition coefficient (Wildman–Crippen LogP) is 3.06. The van der Waals surface area contributed by atoms with Gasteiger partial charge in [0.25, 0.3) is 5.69 Å². The fourth-order valence-electron chi connectivity index (χ4n) is 1.34. The lowest BCUT2D eigenvalue weighted by molar-refractivity contribution is -0.384. The quantitative estimate of drug-likeness (QED) is 0.600. The Hall–Kier alpha value is -2.43. The van der Waals surface area contributed by atoms with Crippen LogP contribution in [0.5, 0.6) is 0 Å². The van der Waals surface area contributed by atoms with Crippen molar-refractivity contribution in [2.75, 3.05) is 0 Å². The van der Waals surface area contributed by atoms with Crippen molar-refractivity contribution in [3.8, 4) is 0 Å². The van der Waals surface area contributed by atoms with Crippen molar-refractivity contribution in [2.24, 2.45) is 0 Å². The number of aryl methyl sites for hydroxylation is 1. The summed E-state index contributed by atoms with van der Waals surface area (Å²) in [6.07, 6.45) is 5.20. The molecule has 0 aliphatic heterocycles. The van der Waals surface area contributed by atoms with Crippen molar-refractivity contribution >= 4 is 17.8 Å². The van der Waals surface area contributed by atoms with Gasteiger partial charge in [-0.1, -0.05) is 6.08 Å². The van der Waals surface area contributed by atoms with Crippen LogP contribution in [-0.2, 0) is 0 Å². The van der Waals surface area contributed by atoms with Crippen LogP contribution in [0.15, 0.2) is 34.9 Å². The third-order valence-corrected chi connectivity index (χ3v) is 2.18. The van der Waals surface area contributed by atoms with Gasteiger partial charge in [0.05, 0.1) is 11.1 Å². The van der Waals surface area contributed by atoms with Crippen LogP contribution in [0.25, 0.3) is 12.2 Å². The lowest BCUT2D eigenvalue weighted by atomic mass is 10.2. The van der Waals surface area contributed by atoms with Gasteiger partial charge in [-0.2, -0.15) is 0 Å². The fraction of sp³-hybridized carbons (Fsp3) is 0.0833. The highest BCUT2D eigenvalue weighted by Crippen LogP contribution is 2.14. The molecule has 0 saturated heterocycles. The number of hydrogen-bond acceptors (Lipinski definition) is 4. The number of rotatable bonds is 3. The molecule has 1 aromatic heterocycles. The Balaban J connectivity index is 2.13. The Morgan fingerprint density at radius 1 is 1.29 bits per heavy atom. The van der Waals surface area contributed by atoms with Gasteiger partial charge in [0, 0.05) is 19.1 Å². The molecule has 0 amide bonds. The van der Waals surface area contributed by atoms with Gasteiger partial charge in [-0.3, -0.25) is 10.1 Å². The number of nitro groups is 1. The average molecular weight is 230 g/mol. The van der Waals surface area contributed by atoms with Crippen molar-refractivity contribution in [1.29, 1.82) is 0 Å². The van der Waals surface area contributed by atoms with Crippen LogP contribution in [0.2, 0.25) is 0 Å². The van der Waals surface area contributed by atoms with E-state index < -0.39 is 4.92 Å². The van der Waals surface area contributed by atoms with Gasteiger partial charge in [0.15, 0.2) is 5.89 Å². The highest BCUT2D eigenvalue weighted by Gasteiger charge is 2.02. The topological polar surface area (TPSA) is 69.2 Å². The van der Waals surface area contributed by atoms with E-state index in [0.717, 1.165) is 5.56 Å². The van der Waals surface area contributed by atoms with E-state index in [4.69, 9.17) is 4.42 Å². The number of oxazole rings is 1. The van der Waals surface area contributed by atoms with Gasteiger partial charge in [-0.15, -0.1) is 0 Å². The molecule has 0 aliphatic rings. The first-order valence-corrected chi connectivity index (χ1v) is 5.00. The minimum absolute atomic E-state index is 0.0812. The summed E-state index contributed by atoms with van der Waals surface area (Å²) in [7, 11) is 0. The number of nitro benzene ring substituents is 1. The molecule has 0 bridgehead atoms. The summed E-state index contributed by atoms with van der Waals surface area (Å²) in [5, 5.41) is 10.5. The molecule has 0 unspecified atom stereocenters. The normalized spacial score (nSPS) is 10.9. The van der Waals surface area contributed by atoms with Gasteiger partial charge in [-0.25, -0.2) is 4.98 Å². The minimum Gasteiger partial charge on any atom is -0.442 e. The van der Waals surface area contributed by atoms with E-state index in [1.165, 1.54) is 12.1 Å². The van der Waals surface area contributed by atoms with Crippen molar-refractivity contribution in [2.45, 2.75) is 6.92 Å². The highest BCUT2D eigenvalue weighted by molar-refractivity contribution is 5.67. The molecule has 1 aromatic carbocycles. The zero-order valence-corrected chi connectivity index (χ0v) is 9.16. The fourth-order valence-corrected chi connectivity index (χ4v) is 1.34. The number of hydrogen-bond donors (Lipinski definition) is 0. The molecule has 0 N–H and O–H groups in total. The molecule has 5 nitrogen and oxygen atoms in total. The van der Waals surface area contributed by atoms with Crippen LogP contribution in [0.1, 0.15) is 17.2 Å². The third kappa shape index (κ3) is 2.78. The van der Waals surface area contributed by atoms with Gasteiger partial charge < -0.3 is 4.42 Å². The molecule has 0 spiro atoms. The van der Waals surface area contributed by atoms with E-state index in [-0.39, 0.29) is 5.69 Å². The second-order valence-electron chi connectivity index (χ2n) is 3.46. The van der Waals surface area contributed by atoms with E-state index in [9.17, 15) is 10.1 Å². The molecule has 0 aliphatic carbocycles. The smallest absolute Gasteiger partial charge is 0.269 e. The van der Waals surface area contributed by atoms with Crippen LogP contribution < -0.4 is 0 Å². The van der Waals surface area contributed by atoms with E-state index in [0.29, 0.717) is 11.7 Å². The second-order valence-corrected chi connectivity index (χ2v) is 3.46. The Morgan fingerprint density at radius 3 is 2.53 bits per heavy atom. The summed E-state index contributed by atoms with van der Waals surface area (Å²) >= 11 is 0. The molecule has 2 aromatic rings. The number of benzene rings is 1. The summed E-state index contributed by atoms with van der Waals surface area (Å²) in [5.41, 5.74) is 0.947. The maximum atomic E-state index is 10.5. The Labute approximate surface area is 97.6 Å². The van der Waals surface area contributed by atoms with Crippen molar-refractivity contribution in [1.82, 2.24) is 4.98 Å². The Bertz CT molecular complexity index is 555. The first kappa shape index (κ1) is 11.1. The number of aromatic nitrogens is 1. The van der Waals surface area contributed by atoms with Gasteiger partial charge in [0.2, 0.25) is 0 Å². The molecule has 0 radical (unpaired) electrons. The molecule has 1 heterocycles. The zero-order chi connectivity index (χ0) is 12.3. The highest BCUT2D eigenvalue weighted by atomic mass is 16.6. The largest absolute Gasteiger partial charge is 0.442 e. The van der Waals surface area contributed by atoms with Crippen LogP contribution in [-0.4, -0.2) is 9.91 Å². The van der Waals surface area contributed by atoms with Crippen molar-refractivity contribution < 1.29 is 9.34 Å². The summed E-state index contributed by atoms with van der Waals surface area (Å²) in [6.45, 7) is 1.77. The summed E-state index contributed by atoms with van der Waals surface area (Å²) in [5.74, 6) is 1.26. The SMILES string of the molecule is Cc1ncc(C=Cc2ccc([N+](=O)[O-])cc2)o1. The third-order valence-electron chi connectivity index (χ3n) is 2.18. The van der Waals surface area contributed by atoms with Crippen LogP contribution >= 0.6 is 0 Å². The van der Waals surface area contributed by atoms with Gasteiger partial charge in [-0.05, 0) is 23.8 Å². The number of non-ortho nitro benzene ring substituents is 1. The summed E-state index contributed by atoms with van der Waals surface area (Å²) in [6, 6.07) is 6.28. The molecule has 0 fully saturated rings. The first-order valence-electron chi connectivity index (χ1n) is 5.00. The molecule has 86 valence electrons. The Kier molecular flexibility index (Phi) is 3.00. The minimum atomic E-state index is -0.423. The molecule has 0 saturated carbocycles. The average Bonchev–Trinajstić information content (AvgIpc) is 2.73. The second kappa shape index (κ2) is 4.61. The predicted molar refractivity (Wildman–Crippen MR) is 63.3 cm³/mol. The van der Waals surface area contributed by atoms with Crippen LogP contribution in [0, 0.1) is 17.0 Å². The maximum absolute atomic E-state index is 10.5. The van der Waals surface area contributed by atoms with E-state index in [1.54, 1.807) is 31.3 Å². The van der Waals surface area contributed by atoms with E-state index in [1.807, 2.05) is 6.08 Å². The van der Waals surface area contributed by atoms with E-state index in [2.05, 4.69) is 4.98 Å². The van der Waals surface area contributed by atoms with Crippen LogP contribution in [0.4, 0.5) is 5.69 Å². The lowest BCUT2D eigenvalue weighted by Crippen LogP contribution is -1.86. The zero-order valence-electron chi connectivity index (χ0n) is 9.16. The molecule has 0 atom stereocenters. The first-order chi connectivity index (χ1) is 8.15. The Morgan fingerprint density at radius 2 is 2.00 bits per heavy atom. The monoisotopic (exact) mass is 230 g/mol. The number of nitrogens with zero attached hydrogens (tertiary/aromatic N) is 2. The van der Waals surface area contributed by atoms with Crippen LogP contribution in [0.3, 0.4) is 0 Å². The summed E-state index contributed by atoms with van der Waals surface area (Å²) < 4.78 is 5.26. The standard InChI is InChI=1S/C12H10N2O3/c1-9-13-8-12(17-9)7-4-10-2-5-11(6-3-10)14(15)16/h2-8H,1H3. The van der Waals surface area contributed by atoms with Crippen molar-refractivity contribution in [3.05, 3.63) is 57.8 Å². The van der Waals surface area contributed by atoms with Crippen molar-refractivity contribution in [3.63, 3.8) is 0 Å². The molecule has 2 rings (SSSR count). The molecule has 17 heavy (non-hydrogen) atoms. The van der Waals surface area contributed by atoms with Gasteiger partial charge >= 0.3 is 0 Å². The molecule has 5 heteroatoms. The lowest BCUT2D eigenvalue weighted by Gasteiger charge is -1.92. The van der Waals surface area contributed by atoms with E-state index >= 15 is 0 Å². The molecular formula is C12H10N2O3.